The molecule has 0 fully saturated rings. The second kappa shape index (κ2) is 16.9. The topological polar surface area (TPSA) is 234 Å². The summed E-state index contributed by atoms with van der Waals surface area (Å²) in [5.74, 6) is -5.83. The standard InChI is InChI=1S/C31H36N4O11S/c1-47(44,45)12-11-23(15-26(37)38)33-25(36)17-32-30(42)28(22-13-20-9-5-6-10-21(20)14-22)35-29(41)24(16-27(39)40)34-31(43)46-18-19-7-3-2-4-8-19/h2-12,22-24,28H,13-18H2,1H3,(H,32,42)(H,33,36)(H,34,43)(H,35,41)(H,37,38)(H,39,40)/b12-11+/t23-,24+,28?/m1/s1. The number of carbonyl (C=O) groups excluding carboxylic acids is 4. The minimum atomic E-state index is -3.62. The van der Waals surface area contributed by atoms with E-state index in [1.807, 2.05) is 24.3 Å². The Hall–Kier alpha value is -5.25. The zero-order chi connectivity index (χ0) is 34.6. The normalized spacial score (nSPS) is 14.7. The van der Waals surface area contributed by atoms with Gasteiger partial charge < -0.3 is 36.2 Å². The monoisotopic (exact) mass is 672 g/mol. The van der Waals surface area contributed by atoms with Crippen LogP contribution in [0, 0.1) is 5.92 Å². The molecule has 16 heteroatoms. The van der Waals surface area contributed by atoms with E-state index in [1.165, 1.54) is 0 Å². The van der Waals surface area contributed by atoms with Gasteiger partial charge in [0.1, 0.15) is 18.7 Å². The van der Waals surface area contributed by atoms with E-state index in [4.69, 9.17) is 9.84 Å². The molecule has 2 aromatic rings. The maximum absolute atomic E-state index is 13.4. The van der Waals surface area contributed by atoms with Crippen molar-refractivity contribution >= 4 is 45.6 Å². The fraction of sp³-hybridized carbons (Fsp3) is 0.355. The van der Waals surface area contributed by atoms with Crippen LogP contribution in [0.3, 0.4) is 0 Å². The van der Waals surface area contributed by atoms with Gasteiger partial charge in [-0.1, -0.05) is 60.7 Å². The van der Waals surface area contributed by atoms with Gasteiger partial charge in [-0.3, -0.25) is 24.0 Å². The number of amides is 4. The van der Waals surface area contributed by atoms with Crippen molar-refractivity contribution in [2.24, 2.45) is 5.92 Å². The molecule has 3 atom stereocenters. The first-order chi connectivity index (χ1) is 22.2. The number of hydrogen-bond acceptors (Lipinski definition) is 9. The predicted octanol–water partition coefficient (Wildman–Crippen LogP) is 0.290. The highest BCUT2D eigenvalue weighted by Crippen LogP contribution is 2.29. The molecule has 0 heterocycles. The molecule has 0 aromatic heterocycles. The van der Waals surface area contributed by atoms with Crippen LogP contribution in [-0.2, 0) is 58.0 Å². The smallest absolute Gasteiger partial charge is 0.408 e. The number of carbonyl (C=O) groups is 6. The second-order valence-electron chi connectivity index (χ2n) is 10.9. The van der Waals surface area contributed by atoms with E-state index in [9.17, 15) is 42.3 Å². The molecule has 0 saturated heterocycles. The van der Waals surface area contributed by atoms with Crippen LogP contribution < -0.4 is 21.3 Å². The summed E-state index contributed by atoms with van der Waals surface area (Å²) in [6.45, 7) is -0.796. The minimum Gasteiger partial charge on any atom is -0.481 e. The van der Waals surface area contributed by atoms with E-state index >= 15 is 0 Å². The van der Waals surface area contributed by atoms with Crippen molar-refractivity contribution in [1.29, 1.82) is 0 Å². The zero-order valence-electron chi connectivity index (χ0n) is 25.4. The average Bonchev–Trinajstić information content (AvgIpc) is 3.43. The predicted molar refractivity (Wildman–Crippen MR) is 166 cm³/mol. The van der Waals surface area contributed by atoms with Gasteiger partial charge in [-0.05, 0) is 35.4 Å². The number of fused-ring (bicyclic) bond motifs is 1. The molecule has 0 bridgehead atoms. The van der Waals surface area contributed by atoms with Gasteiger partial charge in [-0.25, -0.2) is 13.2 Å². The highest BCUT2D eigenvalue weighted by Gasteiger charge is 2.36. The van der Waals surface area contributed by atoms with Crippen molar-refractivity contribution in [2.45, 2.75) is 50.4 Å². The van der Waals surface area contributed by atoms with Crippen LogP contribution in [0.25, 0.3) is 0 Å². The number of rotatable bonds is 16. The summed E-state index contributed by atoms with van der Waals surface area (Å²) in [6, 6.07) is 11.9. The Kier molecular flexibility index (Phi) is 13.0. The molecule has 0 spiro atoms. The molecule has 3 rings (SSSR count). The summed E-state index contributed by atoms with van der Waals surface area (Å²) >= 11 is 0. The lowest BCUT2D eigenvalue weighted by molar-refractivity contribution is -0.140. The van der Waals surface area contributed by atoms with Crippen molar-refractivity contribution in [1.82, 2.24) is 21.3 Å². The molecule has 0 aliphatic heterocycles. The molecule has 1 unspecified atom stereocenters. The van der Waals surface area contributed by atoms with Crippen molar-refractivity contribution in [2.75, 3.05) is 12.8 Å². The van der Waals surface area contributed by atoms with Gasteiger partial charge in [-0.2, -0.15) is 0 Å². The van der Waals surface area contributed by atoms with Crippen molar-refractivity contribution in [3.8, 4) is 0 Å². The number of ether oxygens (including phenoxy) is 1. The van der Waals surface area contributed by atoms with Gasteiger partial charge >= 0.3 is 18.0 Å². The number of aliphatic carboxylic acids is 2. The number of alkyl carbamates (subject to hydrolysis) is 1. The van der Waals surface area contributed by atoms with E-state index in [0.29, 0.717) is 18.4 Å². The number of sulfone groups is 1. The van der Waals surface area contributed by atoms with Crippen molar-refractivity contribution < 1.29 is 52.1 Å². The quantitative estimate of drug-likeness (QED) is 0.142. The lowest BCUT2D eigenvalue weighted by Crippen LogP contribution is -2.57. The molecule has 15 nitrogen and oxygen atoms in total. The van der Waals surface area contributed by atoms with Crippen LogP contribution in [0.15, 0.2) is 66.1 Å². The number of nitrogens with one attached hydrogen (secondary N) is 4. The molecule has 6 N–H and O–H groups in total. The Bertz CT molecular complexity index is 1590. The number of hydrogen-bond donors (Lipinski definition) is 6. The summed E-state index contributed by atoms with van der Waals surface area (Å²) < 4.78 is 28.0. The molecular weight excluding hydrogens is 636 g/mol. The van der Waals surface area contributed by atoms with Gasteiger partial charge in [0.2, 0.25) is 17.7 Å². The van der Waals surface area contributed by atoms with E-state index in [1.54, 1.807) is 30.3 Å². The van der Waals surface area contributed by atoms with Crippen molar-refractivity contribution in [3.05, 3.63) is 82.8 Å². The third-order valence-corrected chi connectivity index (χ3v) is 7.71. The largest absolute Gasteiger partial charge is 0.481 e. The Morgan fingerprint density at radius 2 is 1.45 bits per heavy atom. The molecule has 4 amide bonds. The van der Waals surface area contributed by atoms with Gasteiger partial charge in [-0.15, -0.1) is 0 Å². The maximum Gasteiger partial charge on any atom is 0.408 e. The summed E-state index contributed by atoms with van der Waals surface area (Å²) in [7, 11) is -3.62. The molecule has 0 radical (unpaired) electrons. The fourth-order valence-electron chi connectivity index (χ4n) is 4.90. The van der Waals surface area contributed by atoms with Crippen LogP contribution in [-0.4, -0.2) is 85.3 Å². The number of carboxylic acids is 2. The third-order valence-electron chi connectivity index (χ3n) is 7.06. The summed E-state index contributed by atoms with van der Waals surface area (Å²) in [5, 5.41) is 28.8. The van der Waals surface area contributed by atoms with Gasteiger partial charge in [0, 0.05) is 11.7 Å². The van der Waals surface area contributed by atoms with Gasteiger partial charge in [0.25, 0.3) is 0 Å². The first-order valence-corrected chi connectivity index (χ1v) is 16.4. The molecule has 1 aliphatic rings. The van der Waals surface area contributed by atoms with E-state index in [2.05, 4.69) is 21.3 Å². The molecule has 2 aromatic carbocycles. The van der Waals surface area contributed by atoms with Crippen LogP contribution >= 0.6 is 0 Å². The van der Waals surface area contributed by atoms with Crippen LogP contribution in [0.4, 0.5) is 4.79 Å². The number of benzene rings is 2. The van der Waals surface area contributed by atoms with Gasteiger partial charge in [0.15, 0.2) is 9.84 Å². The highest BCUT2D eigenvalue weighted by molar-refractivity contribution is 7.93. The summed E-state index contributed by atoms with van der Waals surface area (Å²) in [5.41, 5.74) is 2.52. The zero-order valence-corrected chi connectivity index (χ0v) is 26.2. The van der Waals surface area contributed by atoms with E-state index in [0.717, 1.165) is 28.9 Å². The lowest BCUT2D eigenvalue weighted by Gasteiger charge is -2.26. The Labute approximate surface area is 270 Å². The minimum absolute atomic E-state index is 0.140. The first-order valence-electron chi connectivity index (χ1n) is 14.4. The summed E-state index contributed by atoms with van der Waals surface area (Å²) in [4.78, 5) is 74.6. The summed E-state index contributed by atoms with van der Waals surface area (Å²) in [6.07, 6.45) is 0.131. The molecule has 1 aliphatic carbocycles. The second-order valence-corrected chi connectivity index (χ2v) is 12.9. The lowest BCUT2D eigenvalue weighted by atomic mass is 9.95. The Morgan fingerprint density at radius 3 is 2.02 bits per heavy atom. The van der Waals surface area contributed by atoms with Crippen LogP contribution in [0.1, 0.15) is 29.5 Å². The van der Waals surface area contributed by atoms with Crippen LogP contribution in [0.2, 0.25) is 0 Å². The maximum atomic E-state index is 13.4. The SMILES string of the molecule is CS(=O)(=O)/C=C/[C@H](CC(=O)O)NC(=O)CNC(=O)C(NC(=O)[C@H](CC(=O)O)NC(=O)OCc1ccccc1)C1Cc2ccccc2C1. The molecule has 252 valence electrons. The highest BCUT2D eigenvalue weighted by atomic mass is 32.2. The molecule has 47 heavy (non-hydrogen) atoms. The Morgan fingerprint density at radius 1 is 0.851 bits per heavy atom. The Balaban J connectivity index is 1.72. The van der Waals surface area contributed by atoms with Crippen molar-refractivity contribution in [3.63, 3.8) is 0 Å². The first kappa shape index (κ1) is 36.2. The average molecular weight is 673 g/mol. The third kappa shape index (κ3) is 12.6. The number of carboxylic acid groups (broad SMARTS) is 2. The molecular formula is C31H36N4O11S. The van der Waals surface area contributed by atoms with E-state index < -0.39 is 89.0 Å². The fourth-order valence-corrected chi connectivity index (χ4v) is 5.37. The van der Waals surface area contributed by atoms with Crippen LogP contribution in [0.5, 0.6) is 0 Å². The van der Waals surface area contributed by atoms with E-state index in [-0.39, 0.29) is 6.61 Å². The molecule has 0 saturated carbocycles. The van der Waals surface area contributed by atoms with Gasteiger partial charge in [0.05, 0.1) is 25.4 Å².